The summed E-state index contributed by atoms with van der Waals surface area (Å²) in [6, 6.07) is 4.67. The highest BCUT2D eigenvalue weighted by Gasteiger charge is 2.06. The van der Waals surface area contributed by atoms with E-state index in [1.54, 1.807) is 31.2 Å². The molecule has 1 aromatic rings. The monoisotopic (exact) mass is 244 g/mol. The number of hydrogen-bond donors (Lipinski definition) is 2. The highest BCUT2D eigenvalue weighted by atomic mass is 35.5. The van der Waals surface area contributed by atoms with Crippen molar-refractivity contribution in [1.29, 1.82) is 0 Å². The van der Waals surface area contributed by atoms with Crippen molar-refractivity contribution in [2.24, 2.45) is 0 Å². The van der Waals surface area contributed by atoms with Crippen LogP contribution in [-0.2, 0) is 0 Å². The quantitative estimate of drug-likeness (QED) is 0.820. The molecule has 0 fully saturated rings. The molecule has 2 amide bonds. The Bertz CT molecular complexity index is 391. The van der Waals surface area contributed by atoms with E-state index in [1.165, 1.54) is 6.20 Å². The Labute approximate surface area is 98.1 Å². The molecular weight excluding hydrogens is 235 g/mol. The van der Waals surface area contributed by atoms with Crippen molar-refractivity contribution in [1.82, 2.24) is 5.32 Å². The van der Waals surface area contributed by atoms with Gasteiger partial charge in [-0.05, 0) is 19.1 Å². The van der Waals surface area contributed by atoms with Crippen molar-refractivity contribution in [2.45, 2.75) is 6.92 Å². The molecule has 2 N–H and O–H groups in total. The van der Waals surface area contributed by atoms with E-state index in [-0.39, 0.29) is 6.03 Å². The first-order chi connectivity index (χ1) is 7.15. The number of rotatable bonds is 2. The lowest BCUT2D eigenvalue weighted by atomic mass is 10.3. The molecule has 0 bridgehead atoms. The lowest BCUT2D eigenvalue weighted by Crippen LogP contribution is -2.23. The van der Waals surface area contributed by atoms with E-state index in [4.69, 9.17) is 23.2 Å². The Morgan fingerprint density at radius 2 is 2.13 bits per heavy atom. The maximum absolute atomic E-state index is 11.3. The Hall–Kier alpha value is -1.19. The first kappa shape index (κ1) is 11.9. The van der Waals surface area contributed by atoms with E-state index in [0.717, 1.165) is 0 Å². The van der Waals surface area contributed by atoms with Crippen molar-refractivity contribution in [3.63, 3.8) is 0 Å². The van der Waals surface area contributed by atoms with E-state index in [2.05, 4.69) is 10.6 Å². The number of allylic oxidation sites excluding steroid dienone is 1. The van der Waals surface area contributed by atoms with Crippen molar-refractivity contribution in [3.05, 3.63) is 40.5 Å². The third-order valence-electron chi connectivity index (χ3n) is 1.58. The van der Waals surface area contributed by atoms with Crippen LogP contribution in [0.15, 0.2) is 30.5 Å². The van der Waals surface area contributed by atoms with Crippen molar-refractivity contribution in [2.75, 3.05) is 5.32 Å². The Kier molecular flexibility index (Phi) is 4.46. The van der Waals surface area contributed by atoms with Crippen LogP contribution in [-0.4, -0.2) is 6.03 Å². The fourth-order valence-corrected chi connectivity index (χ4v) is 1.27. The molecule has 1 rings (SSSR count). The van der Waals surface area contributed by atoms with E-state index < -0.39 is 0 Å². The molecule has 0 atom stereocenters. The standard InChI is InChI=1S/C10H10Cl2N2O/c1-2-6-13-10(15)14-8-5-3-4-7(11)9(8)12/h2-6H,1H3,(H2,13,14,15)/b6-2+. The summed E-state index contributed by atoms with van der Waals surface area (Å²) in [6.07, 6.45) is 3.23. The summed E-state index contributed by atoms with van der Waals surface area (Å²) in [5.41, 5.74) is 0.478. The van der Waals surface area contributed by atoms with Gasteiger partial charge in [0, 0.05) is 6.20 Å². The maximum Gasteiger partial charge on any atom is 0.323 e. The third kappa shape index (κ3) is 3.46. The number of carbonyl (C=O) groups excluding carboxylic acids is 1. The van der Waals surface area contributed by atoms with Gasteiger partial charge in [-0.15, -0.1) is 0 Å². The summed E-state index contributed by atoms with van der Waals surface area (Å²) in [5, 5.41) is 5.80. The minimum atomic E-state index is -0.364. The molecule has 0 unspecified atom stereocenters. The van der Waals surface area contributed by atoms with E-state index >= 15 is 0 Å². The first-order valence-electron chi connectivity index (χ1n) is 4.28. The molecule has 0 aliphatic rings. The summed E-state index contributed by atoms with van der Waals surface area (Å²) >= 11 is 11.7. The molecule has 1 aromatic carbocycles. The smallest absolute Gasteiger partial charge is 0.315 e. The van der Waals surface area contributed by atoms with Crippen LogP contribution in [0.25, 0.3) is 0 Å². The number of urea groups is 1. The van der Waals surface area contributed by atoms with Crippen LogP contribution in [0.4, 0.5) is 10.5 Å². The van der Waals surface area contributed by atoms with Crippen LogP contribution in [0.5, 0.6) is 0 Å². The minimum Gasteiger partial charge on any atom is -0.315 e. The second kappa shape index (κ2) is 5.63. The SMILES string of the molecule is C/C=C/NC(=O)Nc1cccc(Cl)c1Cl. The van der Waals surface area contributed by atoms with Crippen LogP contribution >= 0.6 is 23.2 Å². The molecule has 0 heterocycles. The average molecular weight is 245 g/mol. The molecule has 0 aromatic heterocycles. The highest BCUT2D eigenvalue weighted by Crippen LogP contribution is 2.29. The average Bonchev–Trinajstić information content (AvgIpc) is 2.22. The fraction of sp³-hybridized carbons (Fsp3) is 0.100. The van der Waals surface area contributed by atoms with E-state index in [0.29, 0.717) is 15.7 Å². The zero-order valence-corrected chi connectivity index (χ0v) is 9.56. The summed E-state index contributed by atoms with van der Waals surface area (Å²) in [4.78, 5) is 11.3. The van der Waals surface area contributed by atoms with Gasteiger partial charge in [0.25, 0.3) is 0 Å². The summed E-state index contributed by atoms with van der Waals surface area (Å²) in [7, 11) is 0. The van der Waals surface area contributed by atoms with Crippen LogP contribution < -0.4 is 10.6 Å². The van der Waals surface area contributed by atoms with Gasteiger partial charge in [-0.1, -0.05) is 35.3 Å². The molecule has 80 valence electrons. The van der Waals surface area contributed by atoms with Gasteiger partial charge in [-0.3, -0.25) is 0 Å². The van der Waals surface area contributed by atoms with Gasteiger partial charge in [0.05, 0.1) is 15.7 Å². The van der Waals surface area contributed by atoms with Crippen LogP contribution in [0, 0.1) is 0 Å². The van der Waals surface area contributed by atoms with E-state index in [1.807, 2.05) is 0 Å². The lowest BCUT2D eigenvalue weighted by molar-refractivity contribution is 0.255. The molecule has 0 spiro atoms. The maximum atomic E-state index is 11.3. The van der Waals surface area contributed by atoms with Crippen LogP contribution in [0.1, 0.15) is 6.92 Å². The number of anilines is 1. The topological polar surface area (TPSA) is 41.1 Å². The van der Waals surface area contributed by atoms with Gasteiger partial charge < -0.3 is 10.6 Å². The fourth-order valence-electron chi connectivity index (χ4n) is 0.918. The van der Waals surface area contributed by atoms with Crippen molar-refractivity contribution < 1.29 is 4.79 Å². The predicted octanol–water partition coefficient (Wildman–Crippen LogP) is 3.65. The van der Waals surface area contributed by atoms with E-state index in [9.17, 15) is 4.79 Å². The van der Waals surface area contributed by atoms with Gasteiger partial charge in [0.2, 0.25) is 0 Å². The van der Waals surface area contributed by atoms with Crippen LogP contribution in [0.2, 0.25) is 10.0 Å². The Balaban J connectivity index is 2.72. The molecule has 0 aliphatic carbocycles. The number of nitrogens with one attached hydrogen (secondary N) is 2. The second-order valence-corrected chi connectivity index (χ2v) is 3.49. The third-order valence-corrected chi connectivity index (χ3v) is 2.40. The largest absolute Gasteiger partial charge is 0.323 e. The van der Waals surface area contributed by atoms with Crippen molar-refractivity contribution >= 4 is 34.9 Å². The van der Waals surface area contributed by atoms with Crippen molar-refractivity contribution in [3.8, 4) is 0 Å². The Morgan fingerprint density at radius 1 is 1.40 bits per heavy atom. The number of halogens is 2. The summed E-state index contributed by atoms with van der Waals surface area (Å²) in [6.45, 7) is 1.80. The zero-order valence-electron chi connectivity index (χ0n) is 8.05. The number of carbonyl (C=O) groups is 1. The molecule has 5 heteroatoms. The number of amides is 2. The zero-order chi connectivity index (χ0) is 11.3. The minimum absolute atomic E-state index is 0.329. The molecule has 0 aliphatic heterocycles. The van der Waals surface area contributed by atoms with Gasteiger partial charge in [0.1, 0.15) is 0 Å². The normalized spacial score (nSPS) is 10.3. The Morgan fingerprint density at radius 3 is 2.80 bits per heavy atom. The summed E-state index contributed by atoms with van der Waals surface area (Å²) in [5.74, 6) is 0. The molecule has 0 saturated carbocycles. The van der Waals surface area contributed by atoms with Gasteiger partial charge >= 0.3 is 6.03 Å². The number of hydrogen-bond acceptors (Lipinski definition) is 1. The summed E-state index contributed by atoms with van der Waals surface area (Å²) < 4.78 is 0. The molecule has 3 nitrogen and oxygen atoms in total. The lowest BCUT2D eigenvalue weighted by Gasteiger charge is -2.07. The van der Waals surface area contributed by atoms with Gasteiger partial charge in [-0.25, -0.2) is 4.79 Å². The highest BCUT2D eigenvalue weighted by molar-refractivity contribution is 6.43. The predicted molar refractivity (Wildman–Crippen MR) is 63.4 cm³/mol. The second-order valence-electron chi connectivity index (χ2n) is 2.70. The molecular formula is C10H10Cl2N2O. The van der Waals surface area contributed by atoms with Crippen LogP contribution in [0.3, 0.4) is 0 Å². The molecule has 0 radical (unpaired) electrons. The molecule has 15 heavy (non-hydrogen) atoms. The molecule has 0 saturated heterocycles. The first-order valence-corrected chi connectivity index (χ1v) is 5.03. The van der Waals surface area contributed by atoms with Gasteiger partial charge in [-0.2, -0.15) is 0 Å². The number of benzene rings is 1. The van der Waals surface area contributed by atoms with Gasteiger partial charge in [0.15, 0.2) is 0 Å².